The maximum absolute atomic E-state index is 5.99. The van der Waals surface area contributed by atoms with Crippen LogP contribution < -0.4 is 11.1 Å². The van der Waals surface area contributed by atoms with Gasteiger partial charge in [0.2, 0.25) is 0 Å². The molecule has 4 nitrogen and oxygen atoms in total. The van der Waals surface area contributed by atoms with Crippen molar-refractivity contribution in [1.82, 2.24) is 15.3 Å². The number of pyridine rings is 2. The number of nitrogens with two attached hydrogens (primary N) is 1. The Morgan fingerprint density at radius 3 is 2.67 bits per heavy atom. The summed E-state index contributed by atoms with van der Waals surface area (Å²) < 4.78 is 0.951. The quantitative estimate of drug-likeness (QED) is 0.914. The Hall–Kier alpha value is -1.46. The maximum Gasteiger partial charge on any atom is 0.128 e. The normalized spacial score (nSPS) is 12.4. The van der Waals surface area contributed by atoms with Gasteiger partial charge in [0.05, 0.1) is 11.7 Å². The van der Waals surface area contributed by atoms with Gasteiger partial charge in [0.25, 0.3) is 0 Å². The van der Waals surface area contributed by atoms with E-state index in [-0.39, 0.29) is 6.04 Å². The molecule has 18 heavy (non-hydrogen) atoms. The number of nitrogen functional groups attached to an aromatic ring is 1. The van der Waals surface area contributed by atoms with Crippen LogP contribution in [0.5, 0.6) is 0 Å². The van der Waals surface area contributed by atoms with Crippen LogP contribution >= 0.6 is 15.9 Å². The number of nitrogens with zero attached hydrogens (tertiary/aromatic N) is 2. The van der Waals surface area contributed by atoms with Gasteiger partial charge in [0, 0.05) is 22.4 Å². The first kappa shape index (κ1) is 13.0. The maximum atomic E-state index is 5.99. The molecule has 0 fully saturated rings. The zero-order valence-electron chi connectivity index (χ0n) is 10.3. The third-order valence-electron chi connectivity index (χ3n) is 2.88. The first-order valence-corrected chi connectivity index (χ1v) is 6.43. The molecule has 0 spiro atoms. The summed E-state index contributed by atoms with van der Waals surface area (Å²) >= 11 is 3.52. The molecule has 0 amide bonds. The summed E-state index contributed by atoms with van der Waals surface area (Å²) in [4.78, 5) is 8.57. The van der Waals surface area contributed by atoms with E-state index in [2.05, 4.69) is 31.2 Å². The summed E-state index contributed by atoms with van der Waals surface area (Å²) in [5, 5.41) is 3.24. The van der Waals surface area contributed by atoms with Gasteiger partial charge in [0.1, 0.15) is 5.82 Å². The van der Waals surface area contributed by atoms with E-state index >= 15 is 0 Å². The largest absolute Gasteiger partial charge is 0.383 e. The third kappa shape index (κ3) is 2.37. The Bertz CT molecular complexity index is 536. The van der Waals surface area contributed by atoms with Crippen molar-refractivity contribution in [2.75, 3.05) is 12.8 Å². The van der Waals surface area contributed by atoms with Crippen molar-refractivity contribution in [2.24, 2.45) is 0 Å². The lowest BCUT2D eigenvalue weighted by Gasteiger charge is -2.20. The van der Waals surface area contributed by atoms with E-state index in [4.69, 9.17) is 5.73 Å². The molecule has 2 aromatic rings. The van der Waals surface area contributed by atoms with E-state index in [0.29, 0.717) is 5.82 Å². The number of halogens is 1. The van der Waals surface area contributed by atoms with Crippen molar-refractivity contribution < 1.29 is 0 Å². The molecular weight excluding hydrogens is 292 g/mol. The first-order valence-electron chi connectivity index (χ1n) is 5.63. The second kappa shape index (κ2) is 5.46. The molecule has 0 saturated heterocycles. The number of hydrogen-bond donors (Lipinski definition) is 2. The molecule has 0 aliphatic carbocycles. The van der Waals surface area contributed by atoms with Crippen molar-refractivity contribution in [3.63, 3.8) is 0 Å². The smallest absolute Gasteiger partial charge is 0.128 e. The minimum absolute atomic E-state index is 0.0747. The van der Waals surface area contributed by atoms with E-state index in [9.17, 15) is 0 Å². The molecule has 0 bridgehead atoms. The summed E-state index contributed by atoms with van der Waals surface area (Å²) in [6.07, 6.45) is 3.49. The van der Waals surface area contributed by atoms with Gasteiger partial charge >= 0.3 is 0 Å². The molecule has 0 radical (unpaired) electrons. The van der Waals surface area contributed by atoms with Gasteiger partial charge in [0.15, 0.2) is 0 Å². The molecule has 2 aromatic heterocycles. The highest BCUT2D eigenvalue weighted by Gasteiger charge is 2.20. The van der Waals surface area contributed by atoms with Crippen LogP contribution in [0.2, 0.25) is 0 Å². The van der Waals surface area contributed by atoms with E-state index in [1.165, 1.54) is 0 Å². The molecule has 1 atom stereocenters. The summed E-state index contributed by atoms with van der Waals surface area (Å²) in [5.41, 5.74) is 8.96. The zero-order valence-corrected chi connectivity index (χ0v) is 11.9. The molecular formula is C13H15BrN4. The lowest BCUT2D eigenvalue weighted by Crippen LogP contribution is -2.22. The van der Waals surface area contributed by atoms with Crippen LogP contribution in [0.15, 0.2) is 35.1 Å². The second-order valence-electron chi connectivity index (χ2n) is 4.02. The summed E-state index contributed by atoms with van der Waals surface area (Å²) in [5.74, 6) is 0.534. The number of hydrogen-bond acceptors (Lipinski definition) is 4. The molecule has 0 aliphatic heterocycles. The Labute approximate surface area is 115 Å². The van der Waals surface area contributed by atoms with Crippen LogP contribution in [-0.2, 0) is 0 Å². The molecule has 0 aliphatic rings. The van der Waals surface area contributed by atoms with Gasteiger partial charge in [-0.25, -0.2) is 4.98 Å². The van der Waals surface area contributed by atoms with Crippen molar-refractivity contribution >= 4 is 21.7 Å². The van der Waals surface area contributed by atoms with Gasteiger partial charge in [-0.3, -0.25) is 4.98 Å². The highest BCUT2D eigenvalue weighted by molar-refractivity contribution is 9.10. The Morgan fingerprint density at radius 2 is 2.06 bits per heavy atom. The van der Waals surface area contributed by atoms with Gasteiger partial charge in [-0.15, -0.1) is 0 Å². The fourth-order valence-corrected chi connectivity index (χ4v) is 2.48. The molecule has 3 N–H and O–H groups in total. The Kier molecular flexibility index (Phi) is 3.93. The lowest BCUT2D eigenvalue weighted by molar-refractivity contribution is 0.663. The predicted octanol–water partition coefficient (Wildman–Crippen LogP) is 2.44. The zero-order chi connectivity index (χ0) is 13.1. The highest BCUT2D eigenvalue weighted by Crippen LogP contribution is 2.30. The van der Waals surface area contributed by atoms with Crippen LogP contribution in [0.3, 0.4) is 0 Å². The molecule has 2 heterocycles. The van der Waals surface area contributed by atoms with Crippen molar-refractivity contribution in [1.29, 1.82) is 0 Å². The number of aromatic nitrogens is 2. The fourth-order valence-electron chi connectivity index (χ4n) is 1.99. The topological polar surface area (TPSA) is 63.8 Å². The second-order valence-corrected chi connectivity index (χ2v) is 4.87. The van der Waals surface area contributed by atoms with Gasteiger partial charge in [-0.05, 0) is 53.7 Å². The Balaban J connectivity index is 2.56. The van der Waals surface area contributed by atoms with Gasteiger partial charge in [-0.2, -0.15) is 0 Å². The number of rotatable bonds is 3. The molecule has 5 heteroatoms. The predicted molar refractivity (Wildman–Crippen MR) is 76.2 cm³/mol. The molecule has 1 unspecified atom stereocenters. The molecule has 2 rings (SSSR count). The minimum atomic E-state index is -0.0747. The summed E-state index contributed by atoms with van der Waals surface area (Å²) in [6.45, 7) is 2.02. The van der Waals surface area contributed by atoms with E-state index in [1.807, 2.05) is 32.2 Å². The van der Waals surface area contributed by atoms with Crippen LogP contribution in [0.25, 0.3) is 0 Å². The lowest BCUT2D eigenvalue weighted by atomic mass is 9.99. The molecule has 94 valence electrons. The van der Waals surface area contributed by atoms with Crippen LogP contribution in [0.4, 0.5) is 5.82 Å². The van der Waals surface area contributed by atoms with Crippen LogP contribution in [0, 0.1) is 6.92 Å². The third-order valence-corrected chi connectivity index (χ3v) is 3.55. The monoisotopic (exact) mass is 306 g/mol. The standard InChI is InChI=1S/C13H15BrN4/c1-8-5-7-18-13(15)10(8)12(16-2)11-9(14)4-3-6-17-11/h3-7,12,16H,1-2H3,(H2,15,18). The number of nitrogens with one attached hydrogen (secondary N) is 1. The Morgan fingerprint density at radius 1 is 1.28 bits per heavy atom. The van der Waals surface area contributed by atoms with Crippen molar-refractivity contribution in [3.8, 4) is 0 Å². The molecule has 0 aromatic carbocycles. The van der Waals surface area contributed by atoms with Gasteiger partial charge in [-0.1, -0.05) is 0 Å². The van der Waals surface area contributed by atoms with Crippen LogP contribution in [0.1, 0.15) is 22.9 Å². The molecule has 0 saturated carbocycles. The van der Waals surface area contributed by atoms with Crippen molar-refractivity contribution in [2.45, 2.75) is 13.0 Å². The average Bonchev–Trinajstić information content (AvgIpc) is 2.35. The minimum Gasteiger partial charge on any atom is -0.383 e. The first-order chi connectivity index (χ1) is 8.65. The average molecular weight is 307 g/mol. The fraction of sp³-hybridized carbons (Fsp3) is 0.231. The SMILES string of the molecule is CNC(c1ncccc1Br)c1c(C)ccnc1N. The van der Waals surface area contributed by atoms with E-state index in [1.54, 1.807) is 12.4 Å². The summed E-state index contributed by atoms with van der Waals surface area (Å²) in [6, 6.07) is 5.73. The van der Waals surface area contributed by atoms with Gasteiger partial charge < -0.3 is 11.1 Å². The van der Waals surface area contributed by atoms with E-state index < -0.39 is 0 Å². The van der Waals surface area contributed by atoms with E-state index in [0.717, 1.165) is 21.3 Å². The van der Waals surface area contributed by atoms with Crippen molar-refractivity contribution in [3.05, 3.63) is 51.9 Å². The number of aryl methyl sites for hydroxylation is 1. The highest BCUT2D eigenvalue weighted by atomic mass is 79.9. The summed E-state index contributed by atoms with van der Waals surface area (Å²) in [7, 11) is 1.89. The van der Waals surface area contributed by atoms with Crippen LogP contribution in [-0.4, -0.2) is 17.0 Å². The number of anilines is 1.